The predicted molar refractivity (Wildman–Crippen MR) is 118 cm³/mol. The lowest BCUT2D eigenvalue weighted by molar-refractivity contribution is -0.116. The maximum absolute atomic E-state index is 13.1. The molecule has 30 heavy (non-hydrogen) atoms. The summed E-state index contributed by atoms with van der Waals surface area (Å²) < 4.78 is 0. The largest absolute Gasteiger partial charge is 0.298 e. The van der Waals surface area contributed by atoms with Crippen molar-refractivity contribution in [2.75, 3.05) is 0 Å². The summed E-state index contributed by atoms with van der Waals surface area (Å²) in [7, 11) is 0. The lowest BCUT2D eigenvalue weighted by Crippen LogP contribution is -2.50. The molecule has 0 spiro atoms. The first-order valence-electron chi connectivity index (χ1n) is 9.32. The second-order valence-corrected chi connectivity index (χ2v) is 8.17. The maximum Gasteiger partial charge on any atom is 0.276 e. The van der Waals surface area contributed by atoms with Crippen molar-refractivity contribution in [3.8, 4) is 0 Å². The number of hydrazone groups is 1. The van der Waals surface area contributed by atoms with Gasteiger partial charge in [0.2, 0.25) is 0 Å². The van der Waals surface area contributed by atoms with Crippen LogP contribution in [0.4, 0.5) is 0 Å². The average Bonchev–Trinajstić information content (AvgIpc) is 2.78. The third-order valence-electron chi connectivity index (χ3n) is 4.79. The Morgan fingerprint density at radius 1 is 1.07 bits per heavy atom. The number of amides is 1. The van der Waals surface area contributed by atoms with Crippen molar-refractivity contribution in [3.63, 3.8) is 0 Å². The summed E-state index contributed by atoms with van der Waals surface area (Å²) in [4.78, 5) is 22.1. The zero-order valence-electron chi connectivity index (χ0n) is 15.7. The molecular weight excluding hydrogens is 418 g/mol. The Kier molecular flexibility index (Phi) is 4.98. The first-order valence-corrected chi connectivity index (χ1v) is 10.7. The third kappa shape index (κ3) is 3.58. The highest BCUT2D eigenvalue weighted by Gasteiger charge is 2.34. The van der Waals surface area contributed by atoms with E-state index in [1.807, 2.05) is 60.7 Å². The number of thioether (sulfide) groups is 1. The highest BCUT2D eigenvalue weighted by atomic mass is 35.5. The fourth-order valence-corrected chi connectivity index (χ4v) is 4.30. The molecule has 1 amide bonds. The van der Waals surface area contributed by atoms with Crippen LogP contribution >= 0.6 is 23.4 Å². The standard InChI is InChI=1S/C22H16ClN5OS/c23-16-9-7-14(8-10-16)13-30-22-26-21(29)19-17-5-1-2-6-18(17)25-20(28(19)27-22)15-4-3-11-24-12-15/h1-12,20H,13H2,(H,26,27,29)/t20-/m1/s1. The van der Waals surface area contributed by atoms with Crippen LogP contribution in [0.5, 0.6) is 0 Å². The molecule has 0 bridgehead atoms. The average molecular weight is 434 g/mol. The van der Waals surface area contributed by atoms with Gasteiger partial charge in [-0.2, -0.15) is 0 Å². The minimum Gasteiger partial charge on any atom is -0.298 e. The van der Waals surface area contributed by atoms with E-state index in [1.54, 1.807) is 17.4 Å². The molecule has 0 saturated carbocycles. The van der Waals surface area contributed by atoms with Crippen LogP contribution in [0.2, 0.25) is 5.02 Å². The number of nitrogens with one attached hydrogen (secondary N) is 1. The number of fused-ring (bicyclic) bond motifs is 2. The van der Waals surface area contributed by atoms with Gasteiger partial charge in [0.1, 0.15) is 5.70 Å². The van der Waals surface area contributed by atoms with Gasteiger partial charge in [-0.3, -0.25) is 20.1 Å². The van der Waals surface area contributed by atoms with Crippen LogP contribution in [0.1, 0.15) is 17.3 Å². The number of hydrogen-bond donors (Lipinski definition) is 1. The van der Waals surface area contributed by atoms with Gasteiger partial charge < -0.3 is 0 Å². The summed E-state index contributed by atoms with van der Waals surface area (Å²) in [6, 6.07) is 19.0. The van der Waals surface area contributed by atoms with E-state index in [0.717, 1.165) is 21.7 Å². The van der Waals surface area contributed by atoms with E-state index in [1.165, 1.54) is 11.8 Å². The molecule has 148 valence electrons. The predicted octanol–water partition coefficient (Wildman–Crippen LogP) is 2.81. The maximum atomic E-state index is 13.1. The molecule has 1 aromatic heterocycles. The minimum absolute atomic E-state index is 0.195. The Morgan fingerprint density at radius 2 is 1.90 bits per heavy atom. The summed E-state index contributed by atoms with van der Waals surface area (Å²) in [5, 5.41) is 12.1. The van der Waals surface area contributed by atoms with Crippen molar-refractivity contribution < 1.29 is 4.79 Å². The lowest BCUT2D eigenvalue weighted by atomic mass is 10.1. The van der Waals surface area contributed by atoms with Crippen LogP contribution in [-0.2, 0) is 10.5 Å². The zero-order valence-corrected chi connectivity index (χ0v) is 17.3. The molecule has 0 saturated heterocycles. The molecule has 3 heterocycles. The monoisotopic (exact) mass is 433 g/mol. The van der Waals surface area contributed by atoms with Crippen molar-refractivity contribution in [2.45, 2.75) is 11.9 Å². The molecule has 0 fully saturated rings. The fourth-order valence-electron chi connectivity index (χ4n) is 3.37. The van der Waals surface area contributed by atoms with E-state index in [9.17, 15) is 4.79 Å². The number of hydrogen-bond acceptors (Lipinski definition) is 6. The van der Waals surface area contributed by atoms with Gasteiger partial charge in [0.15, 0.2) is 11.3 Å². The molecule has 1 N–H and O–H groups in total. The molecule has 2 aliphatic rings. The molecule has 0 aliphatic carbocycles. The van der Waals surface area contributed by atoms with Crippen LogP contribution in [0.3, 0.4) is 0 Å². The van der Waals surface area contributed by atoms with Crippen LogP contribution in [-0.4, -0.2) is 21.1 Å². The van der Waals surface area contributed by atoms with Gasteiger partial charge in [-0.15, -0.1) is 5.10 Å². The number of carbonyl (C=O) groups is 1. The molecule has 1 atom stereocenters. The number of amidine groups is 1. The second kappa shape index (κ2) is 7.93. The summed E-state index contributed by atoms with van der Waals surface area (Å²) in [5.41, 5.74) is 2.45. The normalized spacial score (nSPS) is 17.4. The van der Waals surface area contributed by atoms with Crippen molar-refractivity contribution >= 4 is 40.1 Å². The van der Waals surface area contributed by atoms with Gasteiger partial charge in [0.05, 0.1) is 5.36 Å². The zero-order chi connectivity index (χ0) is 20.5. The summed E-state index contributed by atoms with van der Waals surface area (Å²) in [6.07, 6.45) is 3.01. The summed E-state index contributed by atoms with van der Waals surface area (Å²) in [5.74, 6) is 0.463. The highest BCUT2D eigenvalue weighted by molar-refractivity contribution is 8.13. The number of benzene rings is 2. The van der Waals surface area contributed by atoms with Crippen molar-refractivity contribution in [2.24, 2.45) is 10.1 Å². The molecular formula is C22H16ClN5OS. The van der Waals surface area contributed by atoms with E-state index in [-0.39, 0.29) is 5.91 Å². The van der Waals surface area contributed by atoms with E-state index in [0.29, 0.717) is 21.6 Å². The number of aromatic nitrogens is 1. The van der Waals surface area contributed by atoms with Crippen LogP contribution in [0.25, 0.3) is 5.70 Å². The first kappa shape index (κ1) is 18.8. The van der Waals surface area contributed by atoms with E-state index < -0.39 is 6.17 Å². The topological polar surface area (TPSA) is 70.0 Å². The molecule has 0 radical (unpaired) electrons. The van der Waals surface area contributed by atoms with Gasteiger partial charge in [0.25, 0.3) is 5.91 Å². The van der Waals surface area contributed by atoms with Gasteiger partial charge in [-0.1, -0.05) is 59.8 Å². The Balaban J connectivity index is 1.54. The number of halogens is 1. The Morgan fingerprint density at radius 3 is 2.70 bits per heavy atom. The SMILES string of the molecule is O=C1NC(SCc2ccc(Cl)cc2)=NN2C1=c1ccccc1=N[C@H]2c1cccnc1. The number of para-hydroxylation sites is 1. The molecule has 2 aliphatic heterocycles. The molecule has 5 rings (SSSR count). The van der Waals surface area contributed by atoms with Gasteiger partial charge in [-0.05, 0) is 29.8 Å². The smallest absolute Gasteiger partial charge is 0.276 e. The Hall–Kier alpha value is -3.16. The summed E-state index contributed by atoms with van der Waals surface area (Å²) >= 11 is 7.42. The van der Waals surface area contributed by atoms with Crippen molar-refractivity contribution in [3.05, 3.63) is 99.8 Å². The van der Waals surface area contributed by atoms with E-state index in [2.05, 4.69) is 10.3 Å². The molecule has 8 heteroatoms. The number of rotatable bonds is 3. The third-order valence-corrected chi connectivity index (χ3v) is 5.97. The Bertz CT molecular complexity index is 1260. The number of carbonyl (C=O) groups excluding carboxylic acids is 1. The van der Waals surface area contributed by atoms with Crippen LogP contribution < -0.4 is 15.9 Å². The molecule has 0 unspecified atom stereocenters. The van der Waals surface area contributed by atoms with E-state index >= 15 is 0 Å². The number of nitrogens with zero attached hydrogens (tertiary/aromatic N) is 4. The van der Waals surface area contributed by atoms with Crippen molar-refractivity contribution in [1.82, 2.24) is 15.3 Å². The van der Waals surface area contributed by atoms with Crippen LogP contribution in [0, 0.1) is 0 Å². The second-order valence-electron chi connectivity index (χ2n) is 6.77. The highest BCUT2D eigenvalue weighted by Crippen LogP contribution is 2.30. The Labute approximate surface area is 182 Å². The molecule has 2 aromatic carbocycles. The number of pyridine rings is 1. The lowest BCUT2D eigenvalue weighted by Gasteiger charge is -2.33. The van der Waals surface area contributed by atoms with Crippen LogP contribution in [0.15, 0.2) is 83.2 Å². The van der Waals surface area contributed by atoms with Crippen molar-refractivity contribution in [1.29, 1.82) is 0 Å². The molecule has 3 aromatic rings. The quantitative estimate of drug-likeness (QED) is 0.689. The first-order chi connectivity index (χ1) is 14.7. The fraction of sp³-hybridized carbons (Fsp3) is 0.0909. The minimum atomic E-state index is -0.458. The van der Waals surface area contributed by atoms with Gasteiger partial charge >= 0.3 is 0 Å². The van der Waals surface area contributed by atoms with Gasteiger partial charge in [-0.25, -0.2) is 5.01 Å². The van der Waals surface area contributed by atoms with Gasteiger partial charge in [0, 0.05) is 34.0 Å². The molecule has 6 nitrogen and oxygen atoms in total. The van der Waals surface area contributed by atoms with E-state index in [4.69, 9.17) is 21.7 Å². The summed E-state index contributed by atoms with van der Waals surface area (Å²) in [6.45, 7) is 0.